The monoisotopic (exact) mass is 143 g/mol. The minimum absolute atomic E-state index is 0.332. The summed E-state index contributed by atoms with van der Waals surface area (Å²) in [7, 11) is 0. The van der Waals surface area contributed by atoms with Gasteiger partial charge in [-0.15, -0.1) is 21.5 Å². The van der Waals surface area contributed by atoms with Crippen molar-refractivity contribution in [3.63, 3.8) is 0 Å². The molecule has 0 bridgehead atoms. The minimum atomic E-state index is -0.332. The average molecular weight is 143 g/mol. The van der Waals surface area contributed by atoms with Crippen LogP contribution in [0.25, 0.3) is 0 Å². The zero-order chi connectivity index (χ0) is 6.91. The van der Waals surface area contributed by atoms with Crippen LogP contribution in [0.2, 0.25) is 0 Å². The Bertz CT molecular complexity index is 175. The number of hydrogen-bond donors (Lipinski definition) is 1. The fourth-order valence-corrected chi connectivity index (χ4v) is 1.05. The quantitative estimate of drug-likeness (QED) is 0.630. The summed E-state index contributed by atoms with van der Waals surface area (Å²) in [6, 6.07) is 0. The molecule has 0 radical (unpaired) electrons. The molecule has 0 spiro atoms. The van der Waals surface area contributed by atoms with Crippen molar-refractivity contribution in [2.75, 3.05) is 0 Å². The van der Waals surface area contributed by atoms with Crippen LogP contribution < -0.4 is 5.73 Å². The highest BCUT2D eigenvalue weighted by molar-refractivity contribution is 7.09. The second-order valence-electron chi connectivity index (χ2n) is 2.47. The van der Waals surface area contributed by atoms with E-state index in [0.717, 1.165) is 5.01 Å². The van der Waals surface area contributed by atoms with Crippen LogP contribution in [0.4, 0.5) is 0 Å². The highest BCUT2D eigenvalue weighted by Gasteiger charge is 2.16. The van der Waals surface area contributed by atoms with Crippen LogP contribution in [0.1, 0.15) is 18.9 Å². The molecule has 3 nitrogen and oxygen atoms in total. The first-order chi connectivity index (χ1) is 4.11. The van der Waals surface area contributed by atoms with Crippen LogP contribution in [0.5, 0.6) is 0 Å². The fourth-order valence-electron chi connectivity index (χ4n) is 0.454. The highest BCUT2D eigenvalue weighted by Crippen LogP contribution is 2.16. The van der Waals surface area contributed by atoms with E-state index in [9.17, 15) is 0 Å². The van der Waals surface area contributed by atoms with E-state index >= 15 is 0 Å². The Labute approximate surface area is 57.9 Å². The van der Waals surface area contributed by atoms with E-state index in [-0.39, 0.29) is 5.54 Å². The molecule has 0 amide bonds. The molecule has 0 fully saturated rings. The predicted octanol–water partition coefficient (Wildman–Crippen LogP) is 0.732. The van der Waals surface area contributed by atoms with Gasteiger partial charge in [-0.05, 0) is 13.8 Å². The summed E-state index contributed by atoms with van der Waals surface area (Å²) < 4.78 is 0. The average Bonchev–Trinajstić information content (AvgIpc) is 2.08. The van der Waals surface area contributed by atoms with Crippen LogP contribution in [0.3, 0.4) is 0 Å². The molecule has 1 heterocycles. The number of hydrogen-bond acceptors (Lipinski definition) is 4. The number of rotatable bonds is 1. The molecule has 4 heteroatoms. The maximum atomic E-state index is 5.71. The van der Waals surface area contributed by atoms with Crippen LogP contribution in [0, 0.1) is 0 Å². The third-order valence-electron chi connectivity index (χ3n) is 0.911. The SMILES string of the molecule is CC(C)(N)c1nncs1. The van der Waals surface area contributed by atoms with E-state index in [2.05, 4.69) is 10.2 Å². The van der Waals surface area contributed by atoms with Crippen LogP contribution >= 0.6 is 11.3 Å². The van der Waals surface area contributed by atoms with E-state index in [4.69, 9.17) is 5.73 Å². The highest BCUT2D eigenvalue weighted by atomic mass is 32.1. The van der Waals surface area contributed by atoms with Gasteiger partial charge in [0.1, 0.15) is 10.5 Å². The van der Waals surface area contributed by atoms with Gasteiger partial charge in [0.05, 0.1) is 5.54 Å². The molecule has 0 saturated carbocycles. The molecule has 2 N–H and O–H groups in total. The molecule has 1 aromatic heterocycles. The van der Waals surface area contributed by atoms with Crippen LogP contribution in [0.15, 0.2) is 5.51 Å². The predicted molar refractivity (Wildman–Crippen MR) is 37.1 cm³/mol. The first kappa shape index (κ1) is 6.64. The third kappa shape index (κ3) is 1.46. The molecule has 0 atom stereocenters. The van der Waals surface area contributed by atoms with Gasteiger partial charge in [0.15, 0.2) is 0 Å². The Morgan fingerprint density at radius 2 is 2.33 bits per heavy atom. The summed E-state index contributed by atoms with van der Waals surface area (Å²) in [6.45, 7) is 3.82. The molecule has 9 heavy (non-hydrogen) atoms. The molecule has 0 saturated heterocycles. The molecule has 0 aliphatic carbocycles. The lowest BCUT2D eigenvalue weighted by Crippen LogP contribution is -2.28. The Morgan fingerprint density at radius 3 is 2.56 bits per heavy atom. The first-order valence-electron chi connectivity index (χ1n) is 2.66. The van der Waals surface area contributed by atoms with Crippen molar-refractivity contribution in [2.24, 2.45) is 5.73 Å². The summed E-state index contributed by atoms with van der Waals surface area (Å²) in [5.74, 6) is 0. The van der Waals surface area contributed by atoms with Crippen molar-refractivity contribution in [1.82, 2.24) is 10.2 Å². The zero-order valence-electron chi connectivity index (χ0n) is 5.46. The van der Waals surface area contributed by atoms with Gasteiger partial charge in [0.25, 0.3) is 0 Å². The second kappa shape index (κ2) is 2.04. The minimum Gasteiger partial charge on any atom is -0.320 e. The van der Waals surface area contributed by atoms with Crippen molar-refractivity contribution in [1.29, 1.82) is 0 Å². The molecule has 0 aromatic carbocycles. The normalized spacial score (nSPS) is 11.9. The maximum absolute atomic E-state index is 5.71. The largest absolute Gasteiger partial charge is 0.320 e. The van der Waals surface area contributed by atoms with Gasteiger partial charge < -0.3 is 5.73 Å². The van der Waals surface area contributed by atoms with Gasteiger partial charge in [-0.25, -0.2) is 0 Å². The van der Waals surface area contributed by atoms with Crippen molar-refractivity contribution >= 4 is 11.3 Å². The molecular formula is C5H9N3S. The van der Waals surface area contributed by atoms with E-state index in [0.29, 0.717) is 0 Å². The number of nitrogens with two attached hydrogens (primary N) is 1. The Balaban J connectivity index is 2.90. The molecular weight excluding hydrogens is 134 g/mol. The molecule has 0 aliphatic heterocycles. The second-order valence-corrected chi connectivity index (χ2v) is 3.30. The van der Waals surface area contributed by atoms with Gasteiger partial charge in [-0.2, -0.15) is 0 Å². The van der Waals surface area contributed by atoms with E-state index < -0.39 is 0 Å². The van der Waals surface area contributed by atoms with Gasteiger partial charge in [-0.3, -0.25) is 0 Å². The van der Waals surface area contributed by atoms with Gasteiger partial charge in [0.2, 0.25) is 0 Å². The van der Waals surface area contributed by atoms with Gasteiger partial charge in [-0.1, -0.05) is 0 Å². The third-order valence-corrected chi connectivity index (χ3v) is 1.94. The summed E-state index contributed by atoms with van der Waals surface area (Å²) in [5, 5.41) is 8.39. The first-order valence-corrected chi connectivity index (χ1v) is 3.54. The van der Waals surface area contributed by atoms with Crippen molar-refractivity contribution in [2.45, 2.75) is 19.4 Å². The van der Waals surface area contributed by atoms with Crippen molar-refractivity contribution in [3.05, 3.63) is 10.5 Å². The lowest BCUT2D eigenvalue weighted by Gasteiger charge is -2.12. The van der Waals surface area contributed by atoms with E-state index in [1.165, 1.54) is 11.3 Å². The fraction of sp³-hybridized carbons (Fsp3) is 0.600. The number of nitrogens with zero attached hydrogens (tertiary/aromatic N) is 2. The topological polar surface area (TPSA) is 51.8 Å². The van der Waals surface area contributed by atoms with E-state index in [1.807, 2.05) is 13.8 Å². The summed E-state index contributed by atoms with van der Waals surface area (Å²) in [4.78, 5) is 0. The standard InChI is InChI=1S/C5H9N3S/c1-5(2,6)4-8-7-3-9-4/h3H,6H2,1-2H3. The van der Waals surface area contributed by atoms with Crippen LogP contribution in [-0.4, -0.2) is 10.2 Å². The molecule has 1 aromatic rings. The van der Waals surface area contributed by atoms with Gasteiger partial charge >= 0.3 is 0 Å². The Kier molecular flexibility index (Phi) is 1.50. The molecule has 0 unspecified atom stereocenters. The summed E-state index contributed by atoms with van der Waals surface area (Å²) in [5.41, 5.74) is 7.06. The Hall–Kier alpha value is -0.480. The van der Waals surface area contributed by atoms with Crippen molar-refractivity contribution < 1.29 is 0 Å². The van der Waals surface area contributed by atoms with Gasteiger partial charge in [0, 0.05) is 0 Å². The Morgan fingerprint density at radius 1 is 1.67 bits per heavy atom. The summed E-state index contributed by atoms with van der Waals surface area (Å²) >= 11 is 1.48. The number of aromatic nitrogens is 2. The molecule has 1 rings (SSSR count). The lowest BCUT2D eigenvalue weighted by atomic mass is 10.1. The van der Waals surface area contributed by atoms with Crippen molar-refractivity contribution in [3.8, 4) is 0 Å². The van der Waals surface area contributed by atoms with E-state index in [1.54, 1.807) is 5.51 Å². The smallest absolute Gasteiger partial charge is 0.136 e. The van der Waals surface area contributed by atoms with Crippen LogP contribution in [-0.2, 0) is 5.54 Å². The molecule has 0 aliphatic rings. The zero-order valence-corrected chi connectivity index (χ0v) is 6.27. The summed E-state index contributed by atoms with van der Waals surface area (Å²) in [6.07, 6.45) is 0. The lowest BCUT2D eigenvalue weighted by molar-refractivity contribution is 0.544. The maximum Gasteiger partial charge on any atom is 0.136 e. The molecule has 50 valence electrons.